The lowest BCUT2D eigenvalue weighted by Crippen LogP contribution is -1.88. The van der Waals surface area contributed by atoms with Crippen molar-refractivity contribution in [2.45, 2.75) is 19.3 Å². The topological polar surface area (TPSA) is 0 Å². The molecule has 0 spiro atoms. The zero-order chi connectivity index (χ0) is 9.38. The Morgan fingerprint density at radius 3 is 2.57 bits per heavy atom. The molecule has 0 radical (unpaired) electrons. The van der Waals surface area contributed by atoms with Gasteiger partial charge in [-0.3, -0.25) is 0 Å². The highest BCUT2D eigenvalue weighted by atomic mass is 14.3. The summed E-state index contributed by atoms with van der Waals surface area (Å²) >= 11 is 0. The van der Waals surface area contributed by atoms with Crippen LogP contribution in [0.25, 0.3) is 10.8 Å². The highest BCUT2D eigenvalue weighted by Crippen LogP contribution is 2.34. The van der Waals surface area contributed by atoms with Gasteiger partial charge in [-0.15, -0.1) is 0 Å². The van der Waals surface area contributed by atoms with Gasteiger partial charge in [-0.2, -0.15) is 0 Å². The van der Waals surface area contributed by atoms with Gasteiger partial charge in [-0.05, 0) is 41.5 Å². The summed E-state index contributed by atoms with van der Waals surface area (Å²) in [6, 6.07) is 15.4. The number of rotatable bonds is 2. The van der Waals surface area contributed by atoms with Crippen molar-refractivity contribution in [1.29, 1.82) is 0 Å². The molecule has 1 fully saturated rings. The first-order valence-corrected chi connectivity index (χ1v) is 5.40. The van der Waals surface area contributed by atoms with Crippen molar-refractivity contribution in [3.05, 3.63) is 48.0 Å². The number of benzene rings is 2. The fourth-order valence-corrected chi connectivity index (χ4v) is 2.10. The maximum Gasteiger partial charge on any atom is -0.0152 e. The van der Waals surface area contributed by atoms with Gasteiger partial charge < -0.3 is 0 Å². The zero-order valence-electron chi connectivity index (χ0n) is 8.24. The van der Waals surface area contributed by atoms with E-state index in [0.29, 0.717) is 0 Å². The maximum absolute atomic E-state index is 2.28. The van der Waals surface area contributed by atoms with Crippen LogP contribution in [0.15, 0.2) is 42.5 Å². The summed E-state index contributed by atoms with van der Waals surface area (Å²) in [4.78, 5) is 0. The molecule has 0 bridgehead atoms. The van der Waals surface area contributed by atoms with Gasteiger partial charge in [0.05, 0.1) is 0 Å². The molecule has 0 nitrogen and oxygen atoms in total. The minimum absolute atomic E-state index is 0.973. The molecule has 70 valence electrons. The van der Waals surface area contributed by atoms with E-state index < -0.39 is 0 Å². The van der Waals surface area contributed by atoms with Crippen molar-refractivity contribution in [2.75, 3.05) is 0 Å². The molecule has 0 N–H and O–H groups in total. The molecule has 2 aromatic carbocycles. The smallest absolute Gasteiger partial charge is 0.0152 e. The van der Waals surface area contributed by atoms with E-state index in [4.69, 9.17) is 0 Å². The van der Waals surface area contributed by atoms with Gasteiger partial charge >= 0.3 is 0 Å². The minimum Gasteiger partial charge on any atom is -0.0616 e. The zero-order valence-corrected chi connectivity index (χ0v) is 8.24. The van der Waals surface area contributed by atoms with Crippen LogP contribution in [0.3, 0.4) is 0 Å². The second-order valence-electron chi connectivity index (χ2n) is 4.29. The van der Waals surface area contributed by atoms with Gasteiger partial charge in [0.25, 0.3) is 0 Å². The highest BCUT2D eigenvalue weighted by molar-refractivity contribution is 5.85. The van der Waals surface area contributed by atoms with Crippen LogP contribution >= 0.6 is 0 Å². The second kappa shape index (κ2) is 3.13. The average molecular weight is 182 g/mol. The molecule has 0 saturated heterocycles. The number of fused-ring (bicyclic) bond motifs is 1. The van der Waals surface area contributed by atoms with Crippen molar-refractivity contribution in [2.24, 2.45) is 5.92 Å². The van der Waals surface area contributed by atoms with Crippen molar-refractivity contribution >= 4 is 10.8 Å². The third kappa shape index (κ3) is 1.41. The van der Waals surface area contributed by atoms with E-state index in [1.807, 2.05) is 0 Å². The molecular formula is C14H14. The first-order valence-electron chi connectivity index (χ1n) is 5.40. The summed E-state index contributed by atoms with van der Waals surface area (Å²) in [6.07, 6.45) is 4.15. The Morgan fingerprint density at radius 2 is 1.71 bits per heavy atom. The van der Waals surface area contributed by atoms with E-state index in [1.165, 1.54) is 35.6 Å². The lowest BCUT2D eigenvalue weighted by atomic mass is 10.0. The Bertz CT molecular complexity index is 447. The van der Waals surface area contributed by atoms with Gasteiger partial charge in [0, 0.05) is 0 Å². The molecule has 0 unspecified atom stereocenters. The molecule has 2 aromatic rings. The predicted molar refractivity (Wildman–Crippen MR) is 60.4 cm³/mol. The highest BCUT2D eigenvalue weighted by Gasteiger charge is 2.21. The van der Waals surface area contributed by atoms with Crippen LogP contribution in [-0.2, 0) is 6.42 Å². The van der Waals surface area contributed by atoms with Crippen LogP contribution in [-0.4, -0.2) is 0 Å². The predicted octanol–water partition coefficient (Wildman–Crippen LogP) is 3.79. The van der Waals surface area contributed by atoms with E-state index in [-0.39, 0.29) is 0 Å². The lowest BCUT2D eigenvalue weighted by Gasteiger charge is -2.04. The molecule has 1 aliphatic rings. The number of hydrogen-bond acceptors (Lipinski definition) is 0. The summed E-state index contributed by atoms with van der Waals surface area (Å²) in [7, 11) is 0. The summed E-state index contributed by atoms with van der Waals surface area (Å²) in [5, 5.41) is 2.83. The molecule has 0 amide bonds. The van der Waals surface area contributed by atoms with Gasteiger partial charge in [-0.1, -0.05) is 42.5 Å². The average Bonchev–Trinajstić information content (AvgIpc) is 3.03. The summed E-state index contributed by atoms with van der Waals surface area (Å²) in [6.45, 7) is 0. The van der Waals surface area contributed by atoms with Crippen LogP contribution < -0.4 is 0 Å². The van der Waals surface area contributed by atoms with Crippen LogP contribution in [0.4, 0.5) is 0 Å². The fourth-order valence-electron chi connectivity index (χ4n) is 2.10. The summed E-state index contributed by atoms with van der Waals surface area (Å²) in [5.41, 5.74) is 1.53. The molecular weight excluding hydrogens is 168 g/mol. The molecule has 14 heavy (non-hydrogen) atoms. The number of hydrogen-bond donors (Lipinski definition) is 0. The Labute approximate surface area is 84.6 Å². The third-order valence-electron chi connectivity index (χ3n) is 3.09. The lowest BCUT2D eigenvalue weighted by molar-refractivity contribution is 0.838. The first kappa shape index (κ1) is 8.05. The molecule has 0 aliphatic heterocycles. The van der Waals surface area contributed by atoms with Crippen LogP contribution in [0.2, 0.25) is 0 Å². The molecule has 1 aliphatic carbocycles. The molecule has 0 atom stereocenters. The first-order chi connectivity index (χ1) is 6.93. The molecule has 0 heterocycles. The largest absolute Gasteiger partial charge is 0.0616 e. The van der Waals surface area contributed by atoms with E-state index in [1.54, 1.807) is 0 Å². The van der Waals surface area contributed by atoms with Gasteiger partial charge in [0.1, 0.15) is 0 Å². The van der Waals surface area contributed by atoms with Crippen molar-refractivity contribution < 1.29 is 0 Å². The maximum atomic E-state index is 2.28. The molecule has 1 saturated carbocycles. The van der Waals surface area contributed by atoms with E-state index in [9.17, 15) is 0 Å². The van der Waals surface area contributed by atoms with Crippen LogP contribution in [0.5, 0.6) is 0 Å². The van der Waals surface area contributed by atoms with Gasteiger partial charge in [0.15, 0.2) is 0 Å². The van der Waals surface area contributed by atoms with Crippen LogP contribution in [0.1, 0.15) is 18.4 Å². The summed E-state index contributed by atoms with van der Waals surface area (Å²) in [5.74, 6) is 0.973. The van der Waals surface area contributed by atoms with Crippen molar-refractivity contribution in [3.63, 3.8) is 0 Å². The summed E-state index contributed by atoms with van der Waals surface area (Å²) < 4.78 is 0. The fraction of sp³-hybridized carbons (Fsp3) is 0.286. The molecule has 0 aromatic heterocycles. The van der Waals surface area contributed by atoms with E-state index >= 15 is 0 Å². The second-order valence-corrected chi connectivity index (χ2v) is 4.29. The Balaban J connectivity index is 2.11. The van der Waals surface area contributed by atoms with Gasteiger partial charge in [0.2, 0.25) is 0 Å². The van der Waals surface area contributed by atoms with E-state index in [2.05, 4.69) is 42.5 Å². The quantitative estimate of drug-likeness (QED) is 0.662. The van der Waals surface area contributed by atoms with Crippen molar-refractivity contribution in [1.82, 2.24) is 0 Å². The molecule has 3 rings (SSSR count). The Morgan fingerprint density at radius 1 is 0.929 bits per heavy atom. The van der Waals surface area contributed by atoms with Crippen LogP contribution in [0, 0.1) is 5.92 Å². The Kier molecular flexibility index (Phi) is 1.80. The van der Waals surface area contributed by atoms with Crippen molar-refractivity contribution in [3.8, 4) is 0 Å². The SMILES string of the molecule is c1ccc2c(CC3CC3)cccc2c1. The Hall–Kier alpha value is -1.30. The van der Waals surface area contributed by atoms with Gasteiger partial charge in [-0.25, -0.2) is 0 Å². The van der Waals surface area contributed by atoms with E-state index in [0.717, 1.165) is 5.92 Å². The minimum atomic E-state index is 0.973. The standard InChI is InChI=1S/C14H14/c1-2-7-14-12(4-1)5-3-6-13(14)10-11-8-9-11/h1-7,11H,8-10H2. The monoisotopic (exact) mass is 182 g/mol. The molecule has 0 heteroatoms. The normalized spacial score (nSPS) is 16.0. The third-order valence-corrected chi connectivity index (χ3v) is 3.09.